The molecule has 6 heteroatoms. The molecule has 2 aliphatic rings. The van der Waals surface area contributed by atoms with E-state index in [9.17, 15) is 8.42 Å². The van der Waals surface area contributed by atoms with Crippen molar-refractivity contribution in [1.29, 1.82) is 0 Å². The van der Waals surface area contributed by atoms with Crippen LogP contribution in [0.4, 0.5) is 0 Å². The first-order chi connectivity index (χ1) is 10.0. The highest BCUT2D eigenvalue weighted by atomic mass is 35.5. The fourth-order valence-corrected chi connectivity index (χ4v) is 4.50. The molecule has 0 spiro atoms. The quantitative estimate of drug-likeness (QED) is 0.758. The molecule has 2 aromatic rings. The summed E-state index contributed by atoms with van der Waals surface area (Å²) in [5.74, 6) is 0.0379. The van der Waals surface area contributed by atoms with Crippen LogP contribution in [0, 0.1) is 0 Å². The van der Waals surface area contributed by atoms with Gasteiger partial charge < -0.3 is 0 Å². The molecule has 21 heavy (non-hydrogen) atoms. The fourth-order valence-electron chi connectivity index (χ4n) is 2.89. The zero-order valence-corrected chi connectivity index (χ0v) is 12.6. The summed E-state index contributed by atoms with van der Waals surface area (Å²) in [5, 5.41) is 2.21. The summed E-state index contributed by atoms with van der Waals surface area (Å²) in [6, 6.07) is 14.5. The van der Waals surface area contributed by atoms with E-state index in [2.05, 4.69) is 0 Å². The molecule has 4 nitrogen and oxygen atoms in total. The van der Waals surface area contributed by atoms with Crippen molar-refractivity contribution >= 4 is 21.4 Å². The maximum absolute atomic E-state index is 12.4. The zero-order chi connectivity index (χ0) is 14.7. The largest absolute Gasteiger partial charge is 0.261 e. The lowest BCUT2D eigenvalue weighted by Crippen LogP contribution is -2.18. The van der Waals surface area contributed by atoms with E-state index >= 15 is 0 Å². The van der Waals surface area contributed by atoms with Crippen molar-refractivity contribution in [3.63, 3.8) is 0 Å². The predicted molar refractivity (Wildman–Crippen MR) is 78.5 cm³/mol. The van der Waals surface area contributed by atoms with Gasteiger partial charge in [-0.05, 0) is 18.2 Å². The van der Waals surface area contributed by atoms with Crippen LogP contribution >= 0.6 is 11.6 Å². The van der Waals surface area contributed by atoms with Crippen LogP contribution in [0.3, 0.4) is 0 Å². The van der Waals surface area contributed by atoms with Gasteiger partial charge in [-0.15, -0.1) is 5.06 Å². The molecule has 0 N–H and O–H groups in total. The van der Waals surface area contributed by atoms with Crippen molar-refractivity contribution in [1.82, 2.24) is 5.06 Å². The van der Waals surface area contributed by atoms with E-state index in [1.165, 1.54) is 0 Å². The number of benzene rings is 2. The number of nitrogens with zero attached hydrogens (tertiary/aromatic N) is 1. The summed E-state index contributed by atoms with van der Waals surface area (Å²) in [5.41, 5.74) is 0.676. The van der Waals surface area contributed by atoms with Crippen LogP contribution in [-0.4, -0.2) is 25.8 Å². The number of rotatable bonds is 1. The van der Waals surface area contributed by atoms with E-state index in [0.29, 0.717) is 22.0 Å². The molecule has 4 rings (SSSR count). The molecule has 0 radical (unpaired) electrons. The smallest absolute Gasteiger partial charge is 0.217 e. The molecule has 0 aliphatic carbocycles. The second-order valence-electron chi connectivity index (χ2n) is 5.16. The number of hydrogen-bond donors (Lipinski definition) is 0. The first kappa shape index (κ1) is 13.3. The summed E-state index contributed by atoms with van der Waals surface area (Å²) in [7, 11) is -3.32. The van der Waals surface area contributed by atoms with Gasteiger partial charge in [-0.1, -0.05) is 41.9 Å². The number of halogens is 1. The minimum absolute atomic E-state index is 0.0379. The number of sulfone groups is 1. The normalized spacial score (nSPS) is 29.1. The van der Waals surface area contributed by atoms with E-state index in [-0.39, 0.29) is 5.75 Å². The Morgan fingerprint density at radius 1 is 1.14 bits per heavy atom. The molecule has 0 bridgehead atoms. The van der Waals surface area contributed by atoms with E-state index < -0.39 is 15.6 Å². The van der Waals surface area contributed by atoms with Crippen LogP contribution in [0.2, 0.25) is 5.02 Å². The van der Waals surface area contributed by atoms with Crippen molar-refractivity contribution in [2.24, 2.45) is 0 Å². The van der Waals surface area contributed by atoms with Crippen molar-refractivity contribution in [2.45, 2.75) is 10.6 Å². The highest BCUT2D eigenvalue weighted by Gasteiger charge is 2.61. The van der Waals surface area contributed by atoms with Gasteiger partial charge in [-0.2, -0.15) is 0 Å². The zero-order valence-electron chi connectivity index (χ0n) is 11.0. The Morgan fingerprint density at radius 3 is 2.67 bits per heavy atom. The van der Waals surface area contributed by atoms with Crippen LogP contribution in [0.15, 0.2) is 53.4 Å². The third kappa shape index (κ3) is 1.85. The second-order valence-corrected chi connectivity index (χ2v) is 7.68. The number of hydrogen-bond acceptors (Lipinski definition) is 4. The van der Waals surface area contributed by atoms with E-state index in [4.69, 9.17) is 16.4 Å². The van der Waals surface area contributed by atoms with Crippen LogP contribution in [-0.2, 0) is 20.4 Å². The SMILES string of the molecule is O=S1(=O)CCN2OC2(c2ccccc2)c2cc(Cl)ccc21. The van der Waals surface area contributed by atoms with Gasteiger partial charge in [0.25, 0.3) is 0 Å². The molecule has 2 aliphatic heterocycles. The van der Waals surface area contributed by atoms with E-state index in [1.54, 1.807) is 23.3 Å². The van der Waals surface area contributed by atoms with Gasteiger partial charge >= 0.3 is 0 Å². The van der Waals surface area contributed by atoms with Crippen LogP contribution in [0.1, 0.15) is 11.1 Å². The maximum atomic E-state index is 12.4. The monoisotopic (exact) mass is 321 g/mol. The average molecular weight is 322 g/mol. The Labute approximate surface area is 127 Å². The molecule has 0 aromatic heterocycles. The Hall–Kier alpha value is -1.40. The molecule has 108 valence electrons. The highest BCUT2D eigenvalue weighted by Crippen LogP contribution is 2.53. The Kier molecular flexibility index (Phi) is 2.72. The molecule has 0 amide bonds. The lowest BCUT2D eigenvalue weighted by molar-refractivity contribution is 0.202. The van der Waals surface area contributed by atoms with Crippen LogP contribution in [0.5, 0.6) is 0 Å². The minimum Gasteiger partial charge on any atom is -0.261 e. The standard InChI is InChI=1S/C15H12ClNO3S/c16-12-6-7-14-13(10-12)15(11-4-2-1-3-5-11)17(20-15)8-9-21(14,18)19/h1-7,10H,8-9H2. The van der Waals surface area contributed by atoms with Crippen molar-refractivity contribution in [3.05, 3.63) is 64.7 Å². The molecule has 2 aromatic carbocycles. The minimum atomic E-state index is -3.32. The Balaban J connectivity index is 2.02. The average Bonchev–Trinajstić information content (AvgIpc) is 3.22. The van der Waals surface area contributed by atoms with Crippen molar-refractivity contribution < 1.29 is 13.3 Å². The lowest BCUT2D eigenvalue weighted by atomic mass is 9.96. The molecular formula is C15H12ClNO3S. The molecule has 2 heterocycles. The van der Waals surface area contributed by atoms with Gasteiger partial charge in [0, 0.05) is 22.7 Å². The summed E-state index contributed by atoms with van der Waals surface area (Å²) in [6.45, 7) is 0.337. The Morgan fingerprint density at radius 2 is 1.90 bits per heavy atom. The van der Waals surface area contributed by atoms with E-state index in [0.717, 1.165) is 5.56 Å². The summed E-state index contributed by atoms with van der Waals surface area (Å²) < 4.78 is 24.8. The van der Waals surface area contributed by atoms with E-state index in [1.807, 2.05) is 30.3 Å². The molecular weight excluding hydrogens is 310 g/mol. The highest BCUT2D eigenvalue weighted by molar-refractivity contribution is 7.91. The topological polar surface area (TPSA) is 49.7 Å². The number of fused-ring (bicyclic) bond motifs is 3. The Bertz CT molecular complexity index is 822. The van der Waals surface area contributed by atoms with Gasteiger partial charge in [-0.3, -0.25) is 4.84 Å². The molecule has 2 unspecified atom stereocenters. The molecule has 0 saturated carbocycles. The molecule has 1 fully saturated rings. The molecule has 1 saturated heterocycles. The van der Waals surface area contributed by atoms with Crippen LogP contribution < -0.4 is 0 Å². The molecule has 2 atom stereocenters. The van der Waals surface area contributed by atoms with Crippen LogP contribution in [0.25, 0.3) is 0 Å². The predicted octanol–water partition coefficient (Wildman–Crippen LogP) is 2.58. The van der Waals surface area contributed by atoms with Gasteiger partial charge in [0.2, 0.25) is 5.72 Å². The van der Waals surface area contributed by atoms with Gasteiger partial charge in [0.1, 0.15) is 0 Å². The van der Waals surface area contributed by atoms with Gasteiger partial charge in [-0.25, -0.2) is 8.42 Å². The third-order valence-electron chi connectivity index (χ3n) is 3.93. The summed E-state index contributed by atoms with van der Waals surface area (Å²) in [4.78, 5) is 6.12. The summed E-state index contributed by atoms with van der Waals surface area (Å²) in [6.07, 6.45) is 0. The first-order valence-corrected chi connectivity index (χ1v) is 8.62. The third-order valence-corrected chi connectivity index (χ3v) is 5.91. The fraction of sp³-hybridized carbons (Fsp3) is 0.200. The lowest BCUT2D eigenvalue weighted by Gasteiger charge is -2.14. The number of hydroxylamine groups is 2. The second kappa shape index (κ2) is 4.30. The summed E-state index contributed by atoms with van der Waals surface area (Å²) >= 11 is 6.09. The van der Waals surface area contributed by atoms with Crippen molar-refractivity contribution in [3.8, 4) is 0 Å². The van der Waals surface area contributed by atoms with Crippen molar-refractivity contribution in [2.75, 3.05) is 12.3 Å². The van der Waals surface area contributed by atoms with Gasteiger partial charge in [0.15, 0.2) is 9.84 Å². The maximum Gasteiger partial charge on any atom is 0.217 e. The van der Waals surface area contributed by atoms with Gasteiger partial charge in [0.05, 0.1) is 10.6 Å². The first-order valence-electron chi connectivity index (χ1n) is 6.59.